The molecule has 0 bridgehead atoms. The van der Waals surface area contributed by atoms with Gasteiger partial charge in [-0.1, -0.05) is 30.7 Å². The lowest BCUT2D eigenvalue weighted by atomic mass is 10.1. The second kappa shape index (κ2) is 10.3. The molecular weight excluding hydrogens is 476 g/mol. The minimum Gasteiger partial charge on any atom is -0.493 e. The van der Waals surface area contributed by atoms with E-state index in [1.807, 2.05) is 38.1 Å². The molecule has 0 aliphatic carbocycles. The van der Waals surface area contributed by atoms with Crippen LogP contribution in [0.1, 0.15) is 24.5 Å². The summed E-state index contributed by atoms with van der Waals surface area (Å²) in [6, 6.07) is 11.1. The second-order valence-electron chi connectivity index (χ2n) is 7.41. The van der Waals surface area contributed by atoms with Crippen molar-refractivity contribution in [2.24, 2.45) is 10.1 Å². The van der Waals surface area contributed by atoms with E-state index in [-0.39, 0.29) is 18.0 Å². The molecule has 4 rings (SSSR count). The molecule has 2 aliphatic rings. The number of carbonyl (C=O) groups excluding carboxylic acids is 1. The summed E-state index contributed by atoms with van der Waals surface area (Å²) in [5.41, 5.74) is 1.80. The number of hydrazone groups is 1. The van der Waals surface area contributed by atoms with E-state index in [9.17, 15) is 4.79 Å². The number of ether oxygens (including phenoxy) is 3. The molecule has 34 heavy (non-hydrogen) atoms. The third-order valence-electron chi connectivity index (χ3n) is 4.95. The molecule has 0 spiro atoms. The number of thioether (sulfide) groups is 1. The van der Waals surface area contributed by atoms with Crippen molar-refractivity contribution in [3.05, 3.63) is 58.1 Å². The van der Waals surface area contributed by atoms with Gasteiger partial charge in [0, 0.05) is 0 Å². The Morgan fingerprint density at radius 2 is 2.00 bits per heavy atom. The highest BCUT2D eigenvalue weighted by Gasteiger charge is 2.35. The van der Waals surface area contributed by atoms with E-state index in [0.717, 1.165) is 16.4 Å². The Labute approximate surface area is 206 Å². The van der Waals surface area contributed by atoms with E-state index in [0.29, 0.717) is 40.3 Å². The summed E-state index contributed by atoms with van der Waals surface area (Å²) in [5.74, 6) is 1.00. The number of aryl methyl sites for hydroxylation is 1. The lowest BCUT2D eigenvalue weighted by molar-refractivity contribution is -0.114. The molecule has 0 fully saturated rings. The Morgan fingerprint density at radius 1 is 1.21 bits per heavy atom. The number of rotatable bonds is 8. The smallest absolute Gasteiger partial charge is 0.283 e. The molecule has 0 saturated carbocycles. The second-order valence-corrected chi connectivity index (χ2v) is 8.86. The molecular formula is C24H23ClN4O4S. The van der Waals surface area contributed by atoms with Crippen molar-refractivity contribution in [3.63, 3.8) is 0 Å². The molecule has 2 aliphatic heterocycles. The monoisotopic (exact) mass is 498 g/mol. The number of aliphatic imine (C=N–C) groups is 1. The van der Waals surface area contributed by atoms with Gasteiger partial charge in [-0.15, -0.1) is 0 Å². The fraction of sp³-hybridized carbons (Fsp3) is 0.250. The first-order chi connectivity index (χ1) is 16.4. The van der Waals surface area contributed by atoms with Crippen molar-refractivity contribution in [2.75, 3.05) is 20.3 Å². The van der Waals surface area contributed by atoms with Gasteiger partial charge in [-0.2, -0.15) is 15.1 Å². The van der Waals surface area contributed by atoms with Crippen molar-refractivity contribution >= 4 is 51.4 Å². The molecule has 0 radical (unpaired) electrons. The SMILES string of the molecule is CCC1=NN2C(=N)/C(=C\c3cc(Cl)c(OCCOc4cccc(C)c4)c(OC)c3)C(=O)N=C2S1. The van der Waals surface area contributed by atoms with Crippen molar-refractivity contribution < 1.29 is 19.0 Å². The molecule has 8 nitrogen and oxygen atoms in total. The first kappa shape index (κ1) is 23.8. The number of hydrogen-bond acceptors (Lipinski definition) is 7. The van der Waals surface area contributed by atoms with Gasteiger partial charge in [0.15, 0.2) is 17.3 Å². The number of nitrogens with zero attached hydrogens (tertiary/aromatic N) is 3. The Hall–Kier alpha value is -3.30. The van der Waals surface area contributed by atoms with E-state index in [2.05, 4.69) is 10.1 Å². The van der Waals surface area contributed by atoms with E-state index < -0.39 is 5.91 Å². The minimum atomic E-state index is -0.500. The van der Waals surface area contributed by atoms with Crippen LogP contribution in [0.25, 0.3) is 6.08 Å². The summed E-state index contributed by atoms with van der Waals surface area (Å²) in [6.45, 7) is 4.54. The summed E-state index contributed by atoms with van der Waals surface area (Å²) in [4.78, 5) is 16.6. The van der Waals surface area contributed by atoms with E-state index in [1.54, 1.807) is 18.2 Å². The van der Waals surface area contributed by atoms with Crippen molar-refractivity contribution in [1.29, 1.82) is 5.41 Å². The molecule has 0 saturated heterocycles. The Morgan fingerprint density at radius 3 is 2.74 bits per heavy atom. The van der Waals surface area contributed by atoms with Crippen molar-refractivity contribution in [3.8, 4) is 17.2 Å². The van der Waals surface area contributed by atoms with Crippen LogP contribution in [-0.4, -0.2) is 47.3 Å². The van der Waals surface area contributed by atoms with Crippen molar-refractivity contribution in [1.82, 2.24) is 5.01 Å². The molecule has 1 N–H and O–H groups in total. The van der Waals surface area contributed by atoms with Gasteiger partial charge in [0.25, 0.3) is 5.91 Å². The van der Waals surface area contributed by atoms with Crippen LogP contribution in [0, 0.1) is 12.3 Å². The molecule has 2 aromatic carbocycles. The minimum absolute atomic E-state index is 0.0327. The lowest BCUT2D eigenvalue weighted by Gasteiger charge is -2.20. The van der Waals surface area contributed by atoms with Crippen LogP contribution in [0.15, 0.2) is 52.1 Å². The van der Waals surface area contributed by atoms with Gasteiger partial charge in [0.2, 0.25) is 5.17 Å². The van der Waals surface area contributed by atoms with Crippen LogP contribution >= 0.6 is 23.4 Å². The normalized spacial score (nSPS) is 16.4. The van der Waals surface area contributed by atoms with Gasteiger partial charge >= 0.3 is 0 Å². The van der Waals surface area contributed by atoms with Crippen LogP contribution in [0.4, 0.5) is 0 Å². The number of fused-ring (bicyclic) bond motifs is 1. The maximum absolute atomic E-state index is 12.6. The number of nitrogens with one attached hydrogen (secondary N) is 1. The summed E-state index contributed by atoms with van der Waals surface area (Å²) >= 11 is 7.77. The fourth-order valence-electron chi connectivity index (χ4n) is 3.31. The zero-order valence-electron chi connectivity index (χ0n) is 18.9. The Bertz CT molecular complexity index is 1240. The first-order valence-corrected chi connectivity index (χ1v) is 11.8. The first-order valence-electron chi connectivity index (χ1n) is 10.6. The molecule has 1 amide bonds. The average Bonchev–Trinajstić information content (AvgIpc) is 3.23. The summed E-state index contributed by atoms with van der Waals surface area (Å²) < 4.78 is 17.0. The highest BCUT2D eigenvalue weighted by molar-refractivity contribution is 8.26. The predicted octanol–water partition coefficient (Wildman–Crippen LogP) is 5.14. The Kier molecular flexibility index (Phi) is 7.23. The largest absolute Gasteiger partial charge is 0.493 e. The highest BCUT2D eigenvalue weighted by atomic mass is 35.5. The standard InChI is InChI=1S/C24H23ClN4O4S/c1-4-20-28-29-22(26)17(23(30)27-24(29)34-20)11-15-12-18(25)21(19(13-15)31-3)33-9-8-32-16-7-5-6-14(2)10-16/h5-7,10-13,26H,4,8-9H2,1-3H3/b17-11+,26-22?. The number of amides is 1. The fourth-order valence-corrected chi connectivity index (χ4v) is 4.41. The molecule has 0 unspecified atom stereocenters. The molecule has 10 heteroatoms. The molecule has 2 aromatic rings. The third kappa shape index (κ3) is 5.10. The zero-order chi connectivity index (χ0) is 24.2. The lowest BCUT2D eigenvalue weighted by Crippen LogP contribution is -2.35. The van der Waals surface area contributed by atoms with Crippen molar-refractivity contribution in [2.45, 2.75) is 20.3 Å². The van der Waals surface area contributed by atoms with Gasteiger partial charge in [0.1, 0.15) is 24.0 Å². The van der Waals surface area contributed by atoms with Gasteiger partial charge < -0.3 is 14.2 Å². The predicted molar refractivity (Wildman–Crippen MR) is 135 cm³/mol. The van der Waals surface area contributed by atoms with Crippen LogP contribution < -0.4 is 14.2 Å². The summed E-state index contributed by atoms with van der Waals surface area (Å²) in [6.07, 6.45) is 2.25. The van der Waals surface area contributed by atoms with E-state index in [4.69, 9.17) is 31.2 Å². The highest BCUT2D eigenvalue weighted by Crippen LogP contribution is 2.37. The van der Waals surface area contributed by atoms with Crippen LogP contribution in [-0.2, 0) is 4.79 Å². The van der Waals surface area contributed by atoms with E-state index in [1.165, 1.54) is 23.9 Å². The maximum Gasteiger partial charge on any atom is 0.283 e. The number of amidine groups is 2. The summed E-state index contributed by atoms with van der Waals surface area (Å²) in [7, 11) is 1.51. The Balaban J connectivity index is 1.49. The van der Waals surface area contributed by atoms with Crippen LogP contribution in [0.3, 0.4) is 0 Å². The maximum atomic E-state index is 12.6. The summed E-state index contributed by atoms with van der Waals surface area (Å²) in [5, 5.41) is 15.7. The molecule has 176 valence electrons. The molecule has 0 atom stereocenters. The quantitative estimate of drug-likeness (QED) is 0.399. The number of benzene rings is 2. The number of halogens is 1. The van der Waals surface area contributed by atoms with Gasteiger partial charge in [0.05, 0.1) is 17.7 Å². The zero-order valence-corrected chi connectivity index (χ0v) is 20.5. The third-order valence-corrected chi connectivity index (χ3v) is 6.28. The van der Waals surface area contributed by atoms with Gasteiger partial charge in [-0.05, 0) is 66.6 Å². The van der Waals surface area contributed by atoms with Gasteiger partial charge in [-0.25, -0.2) is 0 Å². The number of methoxy groups -OCH3 is 1. The molecule has 2 heterocycles. The number of carbonyl (C=O) groups is 1. The van der Waals surface area contributed by atoms with Crippen LogP contribution in [0.2, 0.25) is 5.02 Å². The average molecular weight is 499 g/mol. The van der Waals surface area contributed by atoms with Gasteiger partial charge in [-0.3, -0.25) is 10.2 Å². The topological polar surface area (TPSA) is 96.6 Å². The van der Waals surface area contributed by atoms with E-state index >= 15 is 0 Å². The number of hydrogen-bond donors (Lipinski definition) is 1. The molecule has 0 aromatic heterocycles. The van der Waals surface area contributed by atoms with Crippen LogP contribution in [0.5, 0.6) is 17.2 Å².